The molecule has 0 amide bonds. The Kier molecular flexibility index (Phi) is 5.91. The van der Waals surface area contributed by atoms with E-state index in [0.29, 0.717) is 34.7 Å². The van der Waals surface area contributed by atoms with Crippen molar-refractivity contribution in [1.82, 2.24) is 15.0 Å². The minimum absolute atomic E-state index is 0.248. The highest BCUT2D eigenvalue weighted by Crippen LogP contribution is 2.46. The lowest BCUT2D eigenvalue weighted by Crippen LogP contribution is -2.47. The van der Waals surface area contributed by atoms with E-state index in [9.17, 15) is 8.78 Å². The molecule has 2 heterocycles. The fourth-order valence-electron chi connectivity index (χ4n) is 6.87. The van der Waals surface area contributed by atoms with Crippen LogP contribution < -0.4 is 5.32 Å². The standard InChI is InChI=1S/C33H30F2N4/c1-19-20-11-13-22(14-12-20)31(19)38-30-17-29(25-10-6-5-9-24(25)21-7-3-2-4-8-21)37-33(39-30)27-18-36-32-26(27)15-23(34)16-28(32)35/h2-10,15-20,22,31,36H,11-14H2,1H3,(H,37,38,39). The van der Waals surface area contributed by atoms with Crippen LogP contribution in [0.15, 0.2) is 79.0 Å². The molecule has 3 fully saturated rings. The first kappa shape index (κ1) is 24.0. The third-order valence-corrected chi connectivity index (χ3v) is 8.91. The summed E-state index contributed by atoms with van der Waals surface area (Å²) in [6.45, 7) is 2.35. The predicted molar refractivity (Wildman–Crippen MR) is 152 cm³/mol. The largest absolute Gasteiger partial charge is 0.367 e. The summed E-state index contributed by atoms with van der Waals surface area (Å²) in [5, 5.41) is 4.22. The Morgan fingerprint density at radius 1 is 0.795 bits per heavy atom. The second kappa shape index (κ2) is 9.60. The molecule has 5 aromatic rings. The average molecular weight is 521 g/mol. The Morgan fingerprint density at radius 2 is 1.51 bits per heavy atom. The van der Waals surface area contributed by atoms with Crippen LogP contribution in [0.1, 0.15) is 32.6 Å². The van der Waals surface area contributed by atoms with Gasteiger partial charge < -0.3 is 10.3 Å². The van der Waals surface area contributed by atoms with E-state index in [1.807, 2.05) is 36.4 Å². The first-order valence-electron chi connectivity index (χ1n) is 13.8. The number of benzene rings is 3. The van der Waals surface area contributed by atoms with Crippen LogP contribution in [0.4, 0.5) is 14.6 Å². The van der Waals surface area contributed by atoms with E-state index in [-0.39, 0.29) is 5.52 Å². The Labute approximate surface area is 226 Å². The van der Waals surface area contributed by atoms with Gasteiger partial charge in [-0.2, -0.15) is 0 Å². The third kappa shape index (κ3) is 4.28. The number of hydrogen-bond donors (Lipinski definition) is 2. The number of rotatable bonds is 5. The van der Waals surface area contributed by atoms with Crippen LogP contribution in [0.2, 0.25) is 0 Å². The summed E-state index contributed by atoms with van der Waals surface area (Å²) in [4.78, 5) is 12.9. The van der Waals surface area contributed by atoms with Gasteiger partial charge in [0.15, 0.2) is 5.82 Å². The van der Waals surface area contributed by atoms with Gasteiger partial charge in [-0.05, 0) is 60.6 Å². The fraction of sp³-hybridized carbons (Fsp3) is 0.273. The van der Waals surface area contributed by atoms with E-state index in [1.54, 1.807) is 6.20 Å². The quantitative estimate of drug-likeness (QED) is 0.244. The summed E-state index contributed by atoms with van der Waals surface area (Å²) < 4.78 is 28.8. The molecule has 39 heavy (non-hydrogen) atoms. The number of nitrogens with zero attached hydrogens (tertiary/aromatic N) is 2. The van der Waals surface area contributed by atoms with Gasteiger partial charge in [0.1, 0.15) is 17.5 Å². The highest BCUT2D eigenvalue weighted by Gasteiger charge is 2.41. The van der Waals surface area contributed by atoms with Gasteiger partial charge in [0, 0.05) is 40.9 Å². The number of fused-ring (bicyclic) bond motifs is 4. The van der Waals surface area contributed by atoms with E-state index in [0.717, 1.165) is 40.2 Å². The molecule has 8 rings (SSSR count). The van der Waals surface area contributed by atoms with E-state index >= 15 is 0 Å². The van der Waals surface area contributed by atoms with Gasteiger partial charge in [-0.15, -0.1) is 0 Å². The Balaban J connectivity index is 1.39. The first-order valence-corrected chi connectivity index (χ1v) is 13.8. The van der Waals surface area contributed by atoms with Crippen LogP contribution in [0.3, 0.4) is 0 Å². The number of halogens is 2. The van der Waals surface area contributed by atoms with Crippen LogP contribution in [0, 0.1) is 29.4 Å². The summed E-state index contributed by atoms with van der Waals surface area (Å²) in [5.74, 6) is 1.85. The predicted octanol–water partition coefficient (Wildman–Crippen LogP) is 8.47. The molecule has 0 aliphatic heterocycles. The number of H-pyrrole nitrogens is 1. The van der Waals surface area contributed by atoms with Gasteiger partial charge in [0.2, 0.25) is 0 Å². The van der Waals surface area contributed by atoms with Gasteiger partial charge in [0.25, 0.3) is 0 Å². The molecule has 3 aliphatic carbocycles. The minimum Gasteiger partial charge on any atom is -0.367 e. The molecule has 2 aromatic heterocycles. The van der Waals surface area contributed by atoms with E-state index in [2.05, 4.69) is 41.5 Å². The summed E-state index contributed by atoms with van der Waals surface area (Å²) in [6.07, 6.45) is 6.78. The number of nitrogens with one attached hydrogen (secondary N) is 2. The molecule has 3 aromatic carbocycles. The van der Waals surface area contributed by atoms with Crippen molar-refractivity contribution in [3.8, 4) is 33.8 Å². The minimum atomic E-state index is -0.632. The van der Waals surface area contributed by atoms with Crippen LogP contribution in [-0.4, -0.2) is 21.0 Å². The molecule has 0 saturated heterocycles. The number of hydrogen-bond acceptors (Lipinski definition) is 3. The number of anilines is 1. The van der Waals surface area contributed by atoms with Crippen LogP contribution in [-0.2, 0) is 0 Å². The highest BCUT2D eigenvalue weighted by molar-refractivity contribution is 5.95. The topological polar surface area (TPSA) is 53.6 Å². The summed E-state index contributed by atoms with van der Waals surface area (Å²) in [6, 6.07) is 23.0. The van der Waals surface area contributed by atoms with Gasteiger partial charge in [-0.1, -0.05) is 61.5 Å². The molecule has 3 saturated carbocycles. The Bertz CT molecular complexity index is 1650. The van der Waals surface area contributed by atoms with Gasteiger partial charge in [0.05, 0.1) is 11.2 Å². The average Bonchev–Trinajstić information content (AvgIpc) is 3.40. The lowest BCUT2D eigenvalue weighted by Gasteiger charge is -2.47. The molecule has 6 heteroatoms. The smallest absolute Gasteiger partial charge is 0.164 e. The Morgan fingerprint density at radius 3 is 2.28 bits per heavy atom. The Hall–Kier alpha value is -4.06. The molecule has 3 aliphatic rings. The zero-order valence-electron chi connectivity index (χ0n) is 21.8. The number of aromatic amines is 1. The molecule has 2 atom stereocenters. The third-order valence-electron chi connectivity index (χ3n) is 8.91. The van der Waals surface area contributed by atoms with Gasteiger partial charge >= 0.3 is 0 Å². The van der Waals surface area contributed by atoms with Crippen molar-refractivity contribution >= 4 is 16.7 Å². The maximum Gasteiger partial charge on any atom is 0.164 e. The van der Waals surface area contributed by atoms with Crippen molar-refractivity contribution in [3.63, 3.8) is 0 Å². The molecular formula is C33H30F2N4. The molecule has 2 N–H and O–H groups in total. The molecule has 2 unspecified atom stereocenters. The van der Waals surface area contributed by atoms with E-state index in [4.69, 9.17) is 9.97 Å². The second-order valence-electron chi connectivity index (χ2n) is 11.1. The molecule has 0 spiro atoms. The zero-order valence-corrected chi connectivity index (χ0v) is 21.8. The summed E-state index contributed by atoms with van der Waals surface area (Å²) in [5.41, 5.74) is 4.72. The fourth-order valence-corrected chi connectivity index (χ4v) is 6.87. The second-order valence-corrected chi connectivity index (χ2v) is 11.1. The van der Waals surface area contributed by atoms with Crippen molar-refractivity contribution in [2.45, 2.75) is 38.6 Å². The van der Waals surface area contributed by atoms with Gasteiger partial charge in [-0.3, -0.25) is 0 Å². The van der Waals surface area contributed by atoms with Crippen LogP contribution >= 0.6 is 0 Å². The van der Waals surface area contributed by atoms with Crippen molar-refractivity contribution in [3.05, 3.63) is 90.6 Å². The van der Waals surface area contributed by atoms with E-state index < -0.39 is 11.6 Å². The molecule has 196 valence electrons. The summed E-state index contributed by atoms with van der Waals surface area (Å²) >= 11 is 0. The molecule has 0 radical (unpaired) electrons. The van der Waals surface area contributed by atoms with Crippen molar-refractivity contribution in [2.24, 2.45) is 17.8 Å². The lowest BCUT2D eigenvalue weighted by atomic mass is 9.62. The van der Waals surface area contributed by atoms with Crippen LogP contribution in [0.5, 0.6) is 0 Å². The van der Waals surface area contributed by atoms with Crippen molar-refractivity contribution in [1.29, 1.82) is 0 Å². The summed E-state index contributed by atoms with van der Waals surface area (Å²) in [7, 11) is 0. The SMILES string of the molecule is CC1C2CCC(CC2)C1Nc1cc(-c2ccccc2-c2ccccc2)nc(-c2c[nH]c3c(F)cc(F)cc23)n1. The van der Waals surface area contributed by atoms with Crippen LogP contribution in [0.25, 0.3) is 44.7 Å². The molecule has 4 nitrogen and oxygen atoms in total. The highest BCUT2D eigenvalue weighted by atomic mass is 19.1. The normalized spacial score (nSPS) is 22.3. The molecular weight excluding hydrogens is 490 g/mol. The maximum absolute atomic E-state index is 14.6. The van der Waals surface area contributed by atoms with Crippen molar-refractivity contribution < 1.29 is 8.78 Å². The van der Waals surface area contributed by atoms with E-state index in [1.165, 1.54) is 31.7 Å². The zero-order chi connectivity index (χ0) is 26.5. The first-order chi connectivity index (χ1) is 19.0. The monoisotopic (exact) mass is 520 g/mol. The van der Waals surface area contributed by atoms with Gasteiger partial charge in [-0.25, -0.2) is 18.7 Å². The lowest BCUT2D eigenvalue weighted by molar-refractivity contribution is 0.0928. The van der Waals surface area contributed by atoms with Crippen molar-refractivity contribution in [2.75, 3.05) is 5.32 Å². The number of aromatic nitrogens is 3. The maximum atomic E-state index is 14.6. The molecule has 2 bridgehead atoms.